The summed E-state index contributed by atoms with van der Waals surface area (Å²) in [6, 6.07) is 1.62. The number of H-pyrrole nitrogens is 1. The van der Waals surface area contributed by atoms with Crippen LogP contribution < -0.4 is 5.32 Å². The maximum atomic E-state index is 11.9. The minimum atomic E-state index is -0.134. The largest absolute Gasteiger partial charge is 0.366 e. The highest BCUT2D eigenvalue weighted by atomic mass is 35.5. The number of hydrogen-bond acceptors (Lipinski definition) is 6. The number of ether oxygens (including phenoxy) is 1. The van der Waals surface area contributed by atoms with E-state index in [1.54, 1.807) is 20.2 Å². The lowest BCUT2D eigenvalue weighted by Gasteiger charge is -2.15. The van der Waals surface area contributed by atoms with Crippen LogP contribution in [-0.4, -0.2) is 57.7 Å². The van der Waals surface area contributed by atoms with Gasteiger partial charge in [-0.3, -0.25) is 9.89 Å². The molecule has 0 spiro atoms. The summed E-state index contributed by atoms with van der Waals surface area (Å²) >= 11 is 6.21. The van der Waals surface area contributed by atoms with Gasteiger partial charge < -0.3 is 15.0 Å². The minimum Gasteiger partial charge on any atom is -0.366 e. The van der Waals surface area contributed by atoms with E-state index >= 15 is 0 Å². The van der Waals surface area contributed by atoms with Gasteiger partial charge in [0.05, 0.1) is 16.7 Å². The number of anilines is 1. The van der Waals surface area contributed by atoms with Crippen molar-refractivity contribution in [1.82, 2.24) is 25.1 Å². The van der Waals surface area contributed by atoms with Gasteiger partial charge in [0, 0.05) is 26.8 Å². The molecule has 1 aliphatic rings. The first-order valence-electron chi connectivity index (χ1n) is 7.66. The van der Waals surface area contributed by atoms with Crippen molar-refractivity contribution >= 4 is 23.3 Å². The molecule has 128 valence electrons. The summed E-state index contributed by atoms with van der Waals surface area (Å²) in [5.41, 5.74) is 0.457. The minimum absolute atomic E-state index is 0.0426. The Morgan fingerprint density at radius 3 is 2.96 bits per heavy atom. The predicted molar refractivity (Wildman–Crippen MR) is 89.0 cm³/mol. The number of nitrogens with zero attached hydrogens (tertiary/aromatic N) is 4. The zero-order valence-electron chi connectivity index (χ0n) is 13.5. The third-order valence-electron chi connectivity index (χ3n) is 3.84. The lowest BCUT2D eigenvalue weighted by molar-refractivity contribution is 0.0472. The van der Waals surface area contributed by atoms with E-state index in [-0.39, 0.29) is 18.1 Å². The molecule has 0 saturated carbocycles. The van der Waals surface area contributed by atoms with E-state index in [0.29, 0.717) is 22.9 Å². The van der Waals surface area contributed by atoms with Gasteiger partial charge in [-0.1, -0.05) is 11.6 Å². The Morgan fingerprint density at radius 2 is 2.29 bits per heavy atom. The SMILES string of the molecule is CN(C)C(=O)c1cnc(NC[C@H]2CC[C@@H](c3ncn[nH]3)O2)c(Cl)c1. The Kier molecular flexibility index (Phi) is 4.96. The second-order valence-electron chi connectivity index (χ2n) is 5.83. The van der Waals surface area contributed by atoms with Gasteiger partial charge in [0.2, 0.25) is 0 Å². The molecule has 2 aromatic rings. The Labute approximate surface area is 144 Å². The van der Waals surface area contributed by atoms with Crippen molar-refractivity contribution in [2.45, 2.75) is 25.0 Å². The number of carbonyl (C=O) groups excluding carboxylic acids is 1. The van der Waals surface area contributed by atoms with Crippen molar-refractivity contribution < 1.29 is 9.53 Å². The molecular formula is C15H19ClN6O2. The van der Waals surface area contributed by atoms with Crippen LogP contribution in [0.2, 0.25) is 5.02 Å². The van der Waals surface area contributed by atoms with Gasteiger partial charge in [0.1, 0.15) is 18.2 Å². The Hall–Kier alpha value is -2.19. The molecule has 0 bridgehead atoms. The van der Waals surface area contributed by atoms with Gasteiger partial charge in [-0.05, 0) is 18.9 Å². The predicted octanol–water partition coefficient (Wildman–Crippen LogP) is 1.89. The molecule has 24 heavy (non-hydrogen) atoms. The Bertz CT molecular complexity index is 706. The lowest BCUT2D eigenvalue weighted by Crippen LogP contribution is -2.22. The van der Waals surface area contributed by atoms with E-state index < -0.39 is 0 Å². The average molecular weight is 351 g/mol. The highest BCUT2D eigenvalue weighted by molar-refractivity contribution is 6.33. The molecule has 0 radical (unpaired) electrons. The molecule has 1 saturated heterocycles. The highest BCUT2D eigenvalue weighted by Gasteiger charge is 2.28. The van der Waals surface area contributed by atoms with Crippen LogP contribution in [0.1, 0.15) is 35.1 Å². The fourth-order valence-electron chi connectivity index (χ4n) is 2.58. The van der Waals surface area contributed by atoms with Crippen LogP contribution in [0.15, 0.2) is 18.6 Å². The van der Waals surface area contributed by atoms with Crippen molar-refractivity contribution in [3.63, 3.8) is 0 Å². The standard InChI is InChI=1S/C15H19ClN6O2/c1-22(2)15(23)9-5-11(16)13(17-6-9)18-7-10-3-4-12(24-10)14-19-8-20-21-14/h5-6,8,10,12H,3-4,7H2,1-2H3,(H,17,18)(H,19,20,21)/t10-,12+/m1/s1. The summed E-state index contributed by atoms with van der Waals surface area (Å²) in [5.74, 6) is 1.16. The fraction of sp³-hybridized carbons (Fsp3) is 0.467. The number of carbonyl (C=O) groups is 1. The third-order valence-corrected chi connectivity index (χ3v) is 4.13. The van der Waals surface area contributed by atoms with Gasteiger partial charge in [-0.15, -0.1) is 0 Å². The van der Waals surface area contributed by atoms with Crippen molar-refractivity contribution in [2.24, 2.45) is 0 Å². The summed E-state index contributed by atoms with van der Waals surface area (Å²) < 4.78 is 5.93. The van der Waals surface area contributed by atoms with Gasteiger partial charge in [0.25, 0.3) is 5.91 Å². The van der Waals surface area contributed by atoms with Gasteiger partial charge in [-0.25, -0.2) is 9.97 Å². The number of aromatic amines is 1. The van der Waals surface area contributed by atoms with E-state index in [4.69, 9.17) is 16.3 Å². The third kappa shape index (κ3) is 3.65. The van der Waals surface area contributed by atoms with Crippen LogP contribution >= 0.6 is 11.6 Å². The second-order valence-corrected chi connectivity index (χ2v) is 6.24. The Balaban J connectivity index is 1.56. The van der Waals surface area contributed by atoms with Crippen LogP contribution in [0.3, 0.4) is 0 Å². The summed E-state index contributed by atoms with van der Waals surface area (Å²) in [4.78, 5) is 21.7. The van der Waals surface area contributed by atoms with Gasteiger partial charge in [-0.2, -0.15) is 5.10 Å². The van der Waals surface area contributed by atoms with Crippen molar-refractivity contribution in [1.29, 1.82) is 0 Å². The van der Waals surface area contributed by atoms with Crippen molar-refractivity contribution in [3.8, 4) is 0 Å². The van der Waals surface area contributed by atoms with E-state index in [0.717, 1.165) is 18.7 Å². The number of hydrogen-bond donors (Lipinski definition) is 2. The topological polar surface area (TPSA) is 96.0 Å². The first-order valence-corrected chi connectivity index (χ1v) is 8.04. The molecule has 2 aromatic heterocycles. The van der Waals surface area contributed by atoms with Gasteiger partial charge >= 0.3 is 0 Å². The van der Waals surface area contributed by atoms with Crippen LogP contribution in [0.25, 0.3) is 0 Å². The second kappa shape index (κ2) is 7.14. The van der Waals surface area contributed by atoms with E-state index in [9.17, 15) is 4.79 Å². The van der Waals surface area contributed by atoms with Crippen molar-refractivity contribution in [3.05, 3.63) is 35.0 Å². The van der Waals surface area contributed by atoms with E-state index in [2.05, 4.69) is 25.5 Å². The summed E-state index contributed by atoms with van der Waals surface area (Å²) in [6.45, 7) is 0.582. The Morgan fingerprint density at radius 1 is 1.46 bits per heavy atom. The van der Waals surface area contributed by atoms with Crippen LogP contribution in [-0.2, 0) is 4.74 Å². The smallest absolute Gasteiger partial charge is 0.254 e. The normalized spacial score (nSPS) is 20.1. The number of amides is 1. The summed E-state index contributed by atoms with van der Waals surface area (Å²) in [6.07, 6.45) is 4.78. The molecular weight excluding hydrogens is 332 g/mol. The fourth-order valence-corrected chi connectivity index (χ4v) is 2.81. The molecule has 0 unspecified atom stereocenters. The monoisotopic (exact) mass is 350 g/mol. The molecule has 2 N–H and O–H groups in total. The molecule has 9 heteroatoms. The first kappa shape index (κ1) is 16.7. The molecule has 3 rings (SSSR count). The number of halogens is 1. The number of rotatable bonds is 5. The average Bonchev–Trinajstić information content (AvgIpc) is 3.24. The highest BCUT2D eigenvalue weighted by Crippen LogP contribution is 2.31. The molecule has 8 nitrogen and oxygen atoms in total. The molecule has 0 aromatic carbocycles. The molecule has 1 amide bonds. The molecule has 3 heterocycles. The van der Waals surface area contributed by atoms with Crippen LogP contribution in [0.5, 0.6) is 0 Å². The molecule has 0 aliphatic carbocycles. The zero-order valence-corrected chi connectivity index (χ0v) is 14.2. The summed E-state index contributed by atoms with van der Waals surface area (Å²) in [5, 5.41) is 10.3. The summed E-state index contributed by atoms with van der Waals surface area (Å²) in [7, 11) is 3.37. The maximum Gasteiger partial charge on any atom is 0.254 e. The quantitative estimate of drug-likeness (QED) is 0.854. The van der Waals surface area contributed by atoms with Gasteiger partial charge in [0.15, 0.2) is 5.82 Å². The zero-order chi connectivity index (χ0) is 17.1. The van der Waals surface area contributed by atoms with E-state index in [1.165, 1.54) is 17.4 Å². The lowest BCUT2D eigenvalue weighted by atomic mass is 10.2. The van der Waals surface area contributed by atoms with E-state index in [1.807, 2.05) is 0 Å². The number of nitrogens with one attached hydrogen (secondary N) is 2. The van der Waals surface area contributed by atoms with Crippen LogP contribution in [0, 0.1) is 0 Å². The molecule has 1 fully saturated rings. The first-order chi connectivity index (χ1) is 11.5. The number of aromatic nitrogens is 4. The maximum absolute atomic E-state index is 11.9. The van der Waals surface area contributed by atoms with Crippen LogP contribution in [0.4, 0.5) is 5.82 Å². The molecule has 2 atom stereocenters. The van der Waals surface area contributed by atoms with Crippen molar-refractivity contribution in [2.75, 3.05) is 26.0 Å². The number of pyridine rings is 1. The molecule has 1 aliphatic heterocycles.